The molecule has 6 nitrogen and oxygen atoms in total. The number of likely N-dealkylation sites (tertiary alicyclic amines) is 1. The van der Waals surface area contributed by atoms with Crippen LogP contribution >= 0.6 is 22.9 Å². The molecule has 3 aliphatic rings. The van der Waals surface area contributed by atoms with Gasteiger partial charge in [0.1, 0.15) is 4.88 Å². The van der Waals surface area contributed by atoms with Crippen molar-refractivity contribution in [2.45, 2.75) is 32.1 Å². The van der Waals surface area contributed by atoms with Crippen molar-refractivity contribution in [3.63, 3.8) is 0 Å². The highest BCUT2D eigenvalue weighted by Crippen LogP contribution is 2.43. The van der Waals surface area contributed by atoms with Crippen LogP contribution in [-0.2, 0) is 4.74 Å². The molecule has 3 fully saturated rings. The number of aliphatic hydroxyl groups excluding tert-OH is 1. The number of ether oxygens (including phenoxy) is 1. The van der Waals surface area contributed by atoms with Gasteiger partial charge in [-0.25, -0.2) is 4.98 Å². The second-order valence-corrected chi connectivity index (χ2v) is 9.03. The van der Waals surface area contributed by atoms with Gasteiger partial charge in [0.05, 0.1) is 6.61 Å². The molecule has 1 unspecified atom stereocenters. The first-order valence-corrected chi connectivity index (χ1v) is 10.7. The molecule has 144 valence electrons. The number of hydrogen-bond donors (Lipinski definition) is 1. The maximum atomic E-state index is 13.1. The van der Waals surface area contributed by atoms with E-state index in [1.54, 1.807) is 0 Å². The summed E-state index contributed by atoms with van der Waals surface area (Å²) in [6, 6.07) is 0. The van der Waals surface area contributed by atoms with E-state index in [1.165, 1.54) is 11.3 Å². The predicted octanol–water partition coefficient (Wildman–Crippen LogP) is 2.65. The van der Waals surface area contributed by atoms with Gasteiger partial charge in [0.25, 0.3) is 5.91 Å². The van der Waals surface area contributed by atoms with Gasteiger partial charge in [-0.2, -0.15) is 0 Å². The fraction of sp³-hybridized carbons (Fsp3) is 0.778. The SMILES string of the molecule is O=C(c1sc(N2CCCC2)nc1Cl)N1CCC(CO)(C2CCOCC2)C1. The van der Waals surface area contributed by atoms with Crippen LogP contribution < -0.4 is 4.90 Å². The van der Waals surface area contributed by atoms with Crippen LogP contribution in [-0.4, -0.2) is 66.9 Å². The maximum Gasteiger partial charge on any atom is 0.267 e. The summed E-state index contributed by atoms with van der Waals surface area (Å²) in [4.78, 5) is 22.1. The third-order valence-corrected chi connectivity index (χ3v) is 7.71. The molecule has 1 aromatic rings. The van der Waals surface area contributed by atoms with E-state index in [4.69, 9.17) is 16.3 Å². The Morgan fingerprint density at radius 2 is 2.04 bits per heavy atom. The number of carbonyl (C=O) groups excluding carboxylic acids is 1. The lowest BCUT2D eigenvalue weighted by Gasteiger charge is -2.38. The third kappa shape index (κ3) is 3.35. The minimum Gasteiger partial charge on any atom is -0.396 e. The zero-order valence-corrected chi connectivity index (χ0v) is 16.5. The van der Waals surface area contributed by atoms with Crippen molar-refractivity contribution in [3.05, 3.63) is 10.0 Å². The zero-order chi connectivity index (χ0) is 18.1. The summed E-state index contributed by atoms with van der Waals surface area (Å²) in [5, 5.41) is 11.3. The third-order valence-electron chi connectivity index (χ3n) is 6.22. The van der Waals surface area contributed by atoms with Crippen LogP contribution in [0.1, 0.15) is 41.8 Å². The van der Waals surface area contributed by atoms with Gasteiger partial charge in [-0.3, -0.25) is 4.79 Å². The van der Waals surface area contributed by atoms with Gasteiger partial charge >= 0.3 is 0 Å². The number of aromatic nitrogens is 1. The first kappa shape index (κ1) is 18.5. The van der Waals surface area contributed by atoms with Gasteiger partial charge in [-0.15, -0.1) is 0 Å². The summed E-state index contributed by atoms with van der Waals surface area (Å²) in [6.45, 7) is 4.86. The Kier molecular flexibility index (Phi) is 5.41. The molecule has 4 rings (SSSR count). The summed E-state index contributed by atoms with van der Waals surface area (Å²) in [5.41, 5.74) is -0.200. The number of nitrogens with zero attached hydrogens (tertiary/aromatic N) is 3. The van der Waals surface area contributed by atoms with E-state index in [2.05, 4.69) is 9.88 Å². The average molecular weight is 400 g/mol. The molecule has 3 aliphatic heterocycles. The van der Waals surface area contributed by atoms with Crippen molar-refractivity contribution in [1.29, 1.82) is 0 Å². The van der Waals surface area contributed by atoms with Crippen LogP contribution in [0, 0.1) is 11.3 Å². The quantitative estimate of drug-likeness (QED) is 0.843. The second kappa shape index (κ2) is 7.62. The van der Waals surface area contributed by atoms with Crippen LogP contribution in [0.5, 0.6) is 0 Å². The first-order chi connectivity index (χ1) is 12.6. The smallest absolute Gasteiger partial charge is 0.267 e. The molecule has 26 heavy (non-hydrogen) atoms. The molecule has 1 aromatic heterocycles. The summed E-state index contributed by atoms with van der Waals surface area (Å²) in [6.07, 6.45) is 5.09. The van der Waals surface area contributed by atoms with Crippen molar-refractivity contribution < 1.29 is 14.6 Å². The Bertz CT molecular complexity index is 658. The monoisotopic (exact) mass is 399 g/mol. The molecule has 0 spiro atoms. The Balaban J connectivity index is 1.48. The average Bonchev–Trinajstić information content (AvgIpc) is 3.41. The molecule has 0 aliphatic carbocycles. The molecule has 0 aromatic carbocycles. The Hall–Kier alpha value is -0.890. The van der Waals surface area contributed by atoms with Crippen molar-refractivity contribution in [2.24, 2.45) is 11.3 Å². The number of thiazole rings is 1. The normalized spacial score (nSPS) is 27.5. The minimum absolute atomic E-state index is 0.0414. The van der Waals surface area contributed by atoms with Crippen LogP contribution in [0.15, 0.2) is 0 Å². The van der Waals surface area contributed by atoms with E-state index < -0.39 is 0 Å². The minimum atomic E-state index is -0.200. The molecular weight excluding hydrogens is 374 g/mol. The molecule has 0 radical (unpaired) electrons. The second-order valence-electron chi connectivity index (χ2n) is 7.69. The van der Waals surface area contributed by atoms with Gasteiger partial charge in [-0.1, -0.05) is 22.9 Å². The zero-order valence-electron chi connectivity index (χ0n) is 15.0. The highest BCUT2D eigenvalue weighted by Gasteiger charge is 2.46. The van der Waals surface area contributed by atoms with Crippen LogP contribution in [0.4, 0.5) is 5.13 Å². The van der Waals surface area contributed by atoms with E-state index in [0.29, 0.717) is 29.0 Å². The lowest BCUT2D eigenvalue weighted by Crippen LogP contribution is -2.41. The molecule has 3 saturated heterocycles. The number of hydrogen-bond acceptors (Lipinski definition) is 6. The highest BCUT2D eigenvalue weighted by atomic mass is 35.5. The molecule has 4 heterocycles. The van der Waals surface area contributed by atoms with E-state index >= 15 is 0 Å². The Morgan fingerprint density at radius 1 is 1.31 bits per heavy atom. The van der Waals surface area contributed by atoms with Crippen molar-refractivity contribution in [1.82, 2.24) is 9.88 Å². The highest BCUT2D eigenvalue weighted by molar-refractivity contribution is 7.18. The maximum absolute atomic E-state index is 13.1. The number of anilines is 1. The molecule has 0 bridgehead atoms. The first-order valence-electron chi connectivity index (χ1n) is 9.52. The summed E-state index contributed by atoms with van der Waals surface area (Å²) in [5.74, 6) is 0.372. The fourth-order valence-corrected chi connectivity index (χ4v) is 5.88. The van der Waals surface area contributed by atoms with E-state index in [1.807, 2.05) is 4.90 Å². The van der Waals surface area contributed by atoms with Crippen LogP contribution in [0.2, 0.25) is 5.15 Å². The summed E-state index contributed by atoms with van der Waals surface area (Å²) < 4.78 is 5.47. The van der Waals surface area contributed by atoms with Crippen LogP contribution in [0.25, 0.3) is 0 Å². The van der Waals surface area contributed by atoms with Crippen LogP contribution in [0.3, 0.4) is 0 Å². The topological polar surface area (TPSA) is 65.9 Å². The lowest BCUT2D eigenvalue weighted by atomic mass is 9.71. The van der Waals surface area contributed by atoms with Crippen molar-refractivity contribution in [3.8, 4) is 0 Å². The van der Waals surface area contributed by atoms with Gasteiger partial charge in [0, 0.05) is 44.8 Å². The number of rotatable bonds is 4. The van der Waals surface area contributed by atoms with E-state index in [0.717, 1.165) is 63.5 Å². The lowest BCUT2D eigenvalue weighted by molar-refractivity contribution is -0.0122. The van der Waals surface area contributed by atoms with Crippen molar-refractivity contribution >= 4 is 34.0 Å². The molecular formula is C18H26ClN3O3S. The molecule has 8 heteroatoms. The van der Waals surface area contributed by atoms with Gasteiger partial charge in [0.15, 0.2) is 10.3 Å². The van der Waals surface area contributed by atoms with E-state index in [-0.39, 0.29) is 17.9 Å². The van der Waals surface area contributed by atoms with E-state index in [9.17, 15) is 9.90 Å². The summed E-state index contributed by atoms with van der Waals surface area (Å²) >= 11 is 7.71. The Morgan fingerprint density at radius 3 is 2.73 bits per heavy atom. The molecule has 1 amide bonds. The van der Waals surface area contributed by atoms with Gasteiger partial charge < -0.3 is 19.6 Å². The number of aliphatic hydroxyl groups is 1. The van der Waals surface area contributed by atoms with Crippen molar-refractivity contribution in [2.75, 3.05) is 50.9 Å². The Labute approximate surface area is 163 Å². The number of carbonyl (C=O) groups is 1. The predicted molar refractivity (Wildman–Crippen MR) is 102 cm³/mol. The largest absolute Gasteiger partial charge is 0.396 e. The summed E-state index contributed by atoms with van der Waals surface area (Å²) in [7, 11) is 0. The molecule has 1 atom stereocenters. The fourth-order valence-electron chi connectivity index (χ4n) is 4.58. The van der Waals surface area contributed by atoms with Gasteiger partial charge in [-0.05, 0) is 38.0 Å². The standard InChI is InChI=1S/C18H26ClN3O3S/c19-15-14(26-17(20-15)21-6-1-2-7-21)16(24)22-8-5-18(11-22,12-23)13-3-9-25-10-4-13/h13,23H,1-12H2. The molecule has 0 saturated carbocycles. The molecule has 1 N–H and O–H groups in total. The van der Waals surface area contributed by atoms with Gasteiger partial charge in [0.2, 0.25) is 0 Å². The number of halogens is 1. The number of amides is 1.